The summed E-state index contributed by atoms with van der Waals surface area (Å²) < 4.78 is 7.06. The quantitative estimate of drug-likeness (QED) is 0.671. The van der Waals surface area contributed by atoms with Crippen molar-refractivity contribution in [2.45, 2.75) is 39.7 Å². The minimum atomic E-state index is -0.243. The van der Waals surface area contributed by atoms with Crippen LogP contribution in [0.2, 0.25) is 0 Å². The molecule has 0 unspecified atom stereocenters. The van der Waals surface area contributed by atoms with E-state index in [2.05, 4.69) is 55.5 Å². The van der Waals surface area contributed by atoms with Crippen molar-refractivity contribution in [2.24, 2.45) is 0 Å². The van der Waals surface area contributed by atoms with Gasteiger partial charge >= 0.3 is 0 Å². The number of rotatable bonds is 5. The molecule has 0 saturated carbocycles. The SMILES string of the molecule is CCn1nc(C(=O)Nc2cccc(OC)c2)cc1-c1ccc(C(C)(C)C)cc1. The van der Waals surface area contributed by atoms with E-state index in [9.17, 15) is 4.79 Å². The van der Waals surface area contributed by atoms with E-state index in [-0.39, 0.29) is 11.3 Å². The lowest BCUT2D eigenvalue weighted by atomic mass is 9.86. The number of hydrogen-bond acceptors (Lipinski definition) is 3. The van der Waals surface area contributed by atoms with E-state index in [1.54, 1.807) is 13.2 Å². The summed E-state index contributed by atoms with van der Waals surface area (Å²) in [6.45, 7) is 9.28. The third-order valence-electron chi connectivity index (χ3n) is 4.69. The second kappa shape index (κ2) is 7.89. The molecule has 3 rings (SSSR count). The fourth-order valence-electron chi connectivity index (χ4n) is 3.04. The number of benzene rings is 2. The highest BCUT2D eigenvalue weighted by Crippen LogP contribution is 2.27. The van der Waals surface area contributed by atoms with Gasteiger partial charge in [-0.2, -0.15) is 5.10 Å². The average molecular weight is 377 g/mol. The molecule has 5 heteroatoms. The molecule has 0 atom stereocenters. The summed E-state index contributed by atoms with van der Waals surface area (Å²) in [5.41, 5.74) is 4.41. The van der Waals surface area contributed by atoms with Crippen LogP contribution in [0.5, 0.6) is 5.75 Å². The van der Waals surface area contributed by atoms with E-state index >= 15 is 0 Å². The van der Waals surface area contributed by atoms with Crippen LogP contribution in [0.25, 0.3) is 11.3 Å². The number of amides is 1. The zero-order valence-corrected chi connectivity index (χ0v) is 17.1. The van der Waals surface area contributed by atoms with Crippen molar-refractivity contribution in [2.75, 3.05) is 12.4 Å². The fourth-order valence-corrected chi connectivity index (χ4v) is 3.04. The molecule has 28 heavy (non-hydrogen) atoms. The van der Waals surface area contributed by atoms with Gasteiger partial charge < -0.3 is 10.1 Å². The highest BCUT2D eigenvalue weighted by atomic mass is 16.5. The summed E-state index contributed by atoms with van der Waals surface area (Å²) in [6, 6.07) is 17.6. The van der Waals surface area contributed by atoms with Gasteiger partial charge in [0, 0.05) is 18.3 Å². The first kappa shape index (κ1) is 19.7. The molecule has 0 aliphatic rings. The number of anilines is 1. The number of carbonyl (C=O) groups is 1. The third kappa shape index (κ3) is 4.25. The van der Waals surface area contributed by atoms with Crippen molar-refractivity contribution in [1.82, 2.24) is 9.78 Å². The lowest BCUT2D eigenvalue weighted by Gasteiger charge is -2.19. The van der Waals surface area contributed by atoms with Gasteiger partial charge in [-0.25, -0.2) is 0 Å². The maximum atomic E-state index is 12.7. The molecule has 0 spiro atoms. The minimum Gasteiger partial charge on any atom is -0.497 e. The predicted octanol–water partition coefficient (Wildman–Crippen LogP) is 5.13. The maximum absolute atomic E-state index is 12.7. The molecule has 146 valence electrons. The van der Waals surface area contributed by atoms with Gasteiger partial charge in [0.15, 0.2) is 5.69 Å². The summed E-state index contributed by atoms with van der Waals surface area (Å²) in [5, 5.41) is 7.37. The highest BCUT2D eigenvalue weighted by Gasteiger charge is 2.17. The maximum Gasteiger partial charge on any atom is 0.276 e. The van der Waals surface area contributed by atoms with Gasteiger partial charge in [-0.05, 0) is 41.7 Å². The molecule has 3 aromatic rings. The van der Waals surface area contributed by atoms with Crippen LogP contribution in [0.15, 0.2) is 54.6 Å². The number of ether oxygens (including phenoxy) is 1. The van der Waals surface area contributed by atoms with E-state index in [1.165, 1.54) is 5.56 Å². The molecule has 0 aliphatic carbocycles. The van der Waals surface area contributed by atoms with Gasteiger partial charge in [-0.3, -0.25) is 9.48 Å². The zero-order valence-electron chi connectivity index (χ0n) is 17.1. The van der Waals surface area contributed by atoms with E-state index < -0.39 is 0 Å². The Morgan fingerprint density at radius 3 is 2.43 bits per heavy atom. The van der Waals surface area contributed by atoms with Crippen LogP contribution in [-0.2, 0) is 12.0 Å². The zero-order chi connectivity index (χ0) is 20.3. The van der Waals surface area contributed by atoms with Gasteiger partial charge in [0.25, 0.3) is 5.91 Å². The number of nitrogens with zero attached hydrogens (tertiary/aromatic N) is 2. The smallest absolute Gasteiger partial charge is 0.276 e. The summed E-state index contributed by atoms with van der Waals surface area (Å²) in [5.74, 6) is 0.449. The second-order valence-electron chi connectivity index (χ2n) is 7.74. The lowest BCUT2D eigenvalue weighted by Crippen LogP contribution is -2.13. The first-order valence-electron chi connectivity index (χ1n) is 9.46. The average Bonchev–Trinajstić information content (AvgIpc) is 3.12. The van der Waals surface area contributed by atoms with Gasteiger partial charge in [0.05, 0.1) is 12.8 Å². The number of aromatic nitrogens is 2. The largest absolute Gasteiger partial charge is 0.497 e. The Morgan fingerprint density at radius 2 is 1.82 bits per heavy atom. The van der Waals surface area contributed by atoms with Crippen LogP contribution in [0, 0.1) is 0 Å². The van der Waals surface area contributed by atoms with E-state index in [0.717, 1.165) is 11.3 Å². The predicted molar refractivity (Wildman–Crippen MR) is 113 cm³/mol. The first-order valence-corrected chi connectivity index (χ1v) is 9.46. The summed E-state index contributed by atoms with van der Waals surface area (Å²) in [7, 11) is 1.60. The molecule has 2 aromatic carbocycles. The Kier molecular flexibility index (Phi) is 5.54. The van der Waals surface area contributed by atoms with Crippen molar-refractivity contribution in [1.29, 1.82) is 0 Å². The van der Waals surface area contributed by atoms with Crippen molar-refractivity contribution in [3.63, 3.8) is 0 Å². The minimum absolute atomic E-state index is 0.102. The van der Waals surface area contributed by atoms with Gasteiger partial charge in [-0.15, -0.1) is 0 Å². The summed E-state index contributed by atoms with van der Waals surface area (Å²) >= 11 is 0. The van der Waals surface area contributed by atoms with Crippen molar-refractivity contribution in [3.05, 3.63) is 65.9 Å². The van der Waals surface area contributed by atoms with Crippen LogP contribution in [0.4, 0.5) is 5.69 Å². The molecule has 1 heterocycles. The van der Waals surface area contributed by atoms with Crippen LogP contribution in [0.1, 0.15) is 43.7 Å². The Balaban J connectivity index is 1.86. The first-order chi connectivity index (χ1) is 13.3. The number of aryl methyl sites for hydroxylation is 1. The number of carbonyl (C=O) groups excluding carboxylic acids is 1. The van der Waals surface area contributed by atoms with E-state index in [0.29, 0.717) is 23.7 Å². The monoisotopic (exact) mass is 377 g/mol. The topological polar surface area (TPSA) is 56.2 Å². The van der Waals surface area contributed by atoms with Gasteiger partial charge in [0.1, 0.15) is 5.75 Å². The number of methoxy groups -OCH3 is 1. The lowest BCUT2D eigenvalue weighted by molar-refractivity contribution is 0.102. The molecule has 0 aliphatic heterocycles. The number of nitrogens with one attached hydrogen (secondary N) is 1. The van der Waals surface area contributed by atoms with Crippen molar-refractivity contribution in [3.8, 4) is 17.0 Å². The van der Waals surface area contributed by atoms with Crippen LogP contribution < -0.4 is 10.1 Å². The van der Waals surface area contributed by atoms with Crippen molar-refractivity contribution >= 4 is 11.6 Å². The highest BCUT2D eigenvalue weighted by molar-refractivity contribution is 6.03. The summed E-state index contributed by atoms with van der Waals surface area (Å²) in [6.07, 6.45) is 0. The standard InChI is InChI=1S/C23H27N3O2/c1-6-26-21(16-10-12-17(13-11-16)23(2,3)4)15-20(25-26)22(27)24-18-8-7-9-19(14-18)28-5/h7-15H,6H2,1-5H3,(H,24,27). The molecule has 0 fully saturated rings. The molecule has 1 amide bonds. The molecule has 1 N–H and O–H groups in total. The molecular formula is C23H27N3O2. The Morgan fingerprint density at radius 1 is 1.11 bits per heavy atom. The third-order valence-corrected chi connectivity index (χ3v) is 4.69. The van der Waals surface area contributed by atoms with E-state index in [1.807, 2.05) is 35.9 Å². The molecule has 0 radical (unpaired) electrons. The van der Waals surface area contributed by atoms with Gasteiger partial charge in [-0.1, -0.05) is 51.1 Å². The molecule has 0 bridgehead atoms. The van der Waals surface area contributed by atoms with Crippen LogP contribution in [-0.4, -0.2) is 22.8 Å². The fraction of sp³-hybridized carbons (Fsp3) is 0.304. The molecule has 0 saturated heterocycles. The summed E-state index contributed by atoms with van der Waals surface area (Å²) in [4.78, 5) is 12.7. The Bertz CT molecular complexity index is 966. The van der Waals surface area contributed by atoms with E-state index in [4.69, 9.17) is 4.74 Å². The van der Waals surface area contributed by atoms with Crippen LogP contribution in [0.3, 0.4) is 0 Å². The van der Waals surface area contributed by atoms with Crippen molar-refractivity contribution < 1.29 is 9.53 Å². The van der Waals surface area contributed by atoms with Gasteiger partial charge in [0.2, 0.25) is 0 Å². The number of hydrogen-bond donors (Lipinski definition) is 1. The normalized spacial score (nSPS) is 11.3. The Hall–Kier alpha value is -3.08. The second-order valence-corrected chi connectivity index (χ2v) is 7.74. The van der Waals surface area contributed by atoms with Crippen LogP contribution >= 0.6 is 0 Å². The molecule has 5 nitrogen and oxygen atoms in total. The molecule has 1 aromatic heterocycles. The Labute approximate surface area is 166 Å². The molecular weight excluding hydrogens is 350 g/mol.